The van der Waals surface area contributed by atoms with Crippen LogP contribution in [0.3, 0.4) is 0 Å². The summed E-state index contributed by atoms with van der Waals surface area (Å²) in [5, 5.41) is 10.2. The Bertz CT molecular complexity index is 1220. The third-order valence-electron chi connectivity index (χ3n) is 7.54. The number of hydrogen-bond donors (Lipinski definition) is 1. The van der Waals surface area contributed by atoms with E-state index >= 15 is 0 Å². The lowest BCUT2D eigenvalue weighted by Gasteiger charge is -2.57. The summed E-state index contributed by atoms with van der Waals surface area (Å²) in [5.41, 5.74) is 3.89. The molecule has 0 bridgehead atoms. The number of aliphatic hydroxyl groups excluding tert-OH is 1. The summed E-state index contributed by atoms with van der Waals surface area (Å²) >= 11 is 0. The van der Waals surface area contributed by atoms with Crippen LogP contribution in [0.4, 0.5) is 4.39 Å². The Kier molecular flexibility index (Phi) is 7.67. The Balaban J connectivity index is 1.31. The maximum atomic E-state index is 14.3. The lowest BCUT2D eigenvalue weighted by atomic mass is 9.74. The van der Waals surface area contributed by atoms with Crippen molar-refractivity contribution in [1.29, 1.82) is 0 Å². The zero-order valence-electron chi connectivity index (χ0n) is 20.7. The van der Waals surface area contributed by atoms with Crippen LogP contribution in [0.5, 0.6) is 5.75 Å². The number of benzene rings is 3. The molecule has 0 aliphatic carbocycles. The van der Waals surface area contributed by atoms with Crippen LogP contribution < -0.4 is 4.74 Å². The molecule has 2 aliphatic rings. The van der Waals surface area contributed by atoms with Crippen molar-refractivity contribution >= 4 is 0 Å². The number of fused-ring (bicyclic) bond motifs is 1. The predicted molar refractivity (Wildman–Crippen MR) is 140 cm³/mol. The van der Waals surface area contributed by atoms with Crippen LogP contribution >= 0.6 is 0 Å². The molecule has 1 N–H and O–H groups in total. The van der Waals surface area contributed by atoms with Gasteiger partial charge in [0.2, 0.25) is 0 Å². The largest absolute Gasteiger partial charge is 0.497 e. The van der Waals surface area contributed by atoms with Crippen LogP contribution in [-0.2, 0) is 6.54 Å². The summed E-state index contributed by atoms with van der Waals surface area (Å²) in [5.74, 6) is 7.39. The lowest BCUT2D eigenvalue weighted by Crippen LogP contribution is -2.67. The second-order valence-electron chi connectivity index (χ2n) is 9.72. The second-order valence-corrected chi connectivity index (χ2v) is 9.72. The topological polar surface area (TPSA) is 35.9 Å². The Labute approximate surface area is 213 Å². The highest BCUT2D eigenvalue weighted by atomic mass is 19.1. The van der Waals surface area contributed by atoms with E-state index < -0.39 is 0 Å². The van der Waals surface area contributed by atoms with Gasteiger partial charge in [0, 0.05) is 47.8 Å². The minimum Gasteiger partial charge on any atom is -0.497 e. The quantitative estimate of drug-likeness (QED) is 0.535. The molecule has 4 nitrogen and oxygen atoms in total. The number of hydrogen-bond acceptors (Lipinski definition) is 4. The van der Waals surface area contributed by atoms with E-state index in [2.05, 4.69) is 45.9 Å². The average molecular weight is 485 g/mol. The van der Waals surface area contributed by atoms with Crippen molar-refractivity contribution in [2.75, 3.05) is 33.4 Å². The SMILES string of the molecule is COc1ccc(C#Cc2ccc([C@H]3[C@@H](CO)N4CCCCN(Cc5ccccc5F)C[C@H]34)cc2)cc1. The van der Waals surface area contributed by atoms with Gasteiger partial charge < -0.3 is 9.84 Å². The zero-order chi connectivity index (χ0) is 24.9. The highest BCUT2D eigenvalue weighted by Crippen LogP contribution is 2.42. The highest BCUT2D eigenvalue weighted by molar-refractivity contribution is 5.45. The molecule has 0 unspecified atom stereocenters. The van der Waals surface area contributed by atoms with Crippen molar-refractivity contribution in [2.45, 2.75) is 37.4 Å². The van der Waals surface area contributed by atoms with Gasteiger partial charge in [-0.25, -0.2) is 4.39 Å². The van der Waals surface area contributed by atoms with E-state index in [1.807, 2.05) is 36.4 Å². The van der Waals surface area contributed by atoms with Gasteiger partial charge in [-0.1, -0.05) is 42.2 Å². The molecule has 5 rings (SSSR count). The van der Waals surface area contributed by atoms with Crippen LogP contribution in [0.1, 0.15) is 41.0 Å². The molecular weight excluding hydrogens is 451 g/mol. The molecule has 5 heteroatoms. The molecule has 3 aromatic carbocycles. The number of ether oxygens (including phenoxy) is 1. The summed E-state index contributed by atoms with van der Waals surface area (Å²) in [4.78, 5) is 4.83. The Hall–Kier alpha value is -3.17. The summed E-state index contributed by atoms with van der Waals surface area (Å²) in [6, 6.07) is 23.7. The summed E-state index contributed by atoms with van der Waals surface area (Å²) in [6.07, 6.45) is 2.18. The minimum absolute atomic E-state index is 0.125. The molecule has 36 heavy (non-hydrogen) atoms. The van der Waals surface area contributed by atoms with Gasteiger partial charge in [0.15, 0.2) is 0 Å². The van der Waals surface area contributed by atoms with E-state index in [0.717, 1.165) is 54.9 Å². The minimum atomic E-state index is -0.138. The second kappa shape index (κ2) is 11.3. The van der Waals surface area contributed by atoms with E-state index in [-0.39, 0.29) is 24.4 Å². The van der Waals surface area contributed by atoms with Crippen molar-refractivity contribution < 1.29 is 14.2 Å². The molecule has 0 aromatic heterocycles. The van der Waals surface area contributed by atoms with Crippen LogP contribution in [0, 0.1) is 17.7 Å². The van der Waals surface area contributed by atoms with Crippen molar-refractivity contribution in [3.63, 3.8) is 0 Å². The lowest BCUT2D eigenvalue weighted by molar-refractivity contribution is -0.0656. The molecule has 0 amide bonds. The standard InChI is InChI=1S/C31H33FN2O2/c1-36-27-16-12-24(13-17-27)9-8-23-10-14-25(15-11-23)31-29-21-33(20-26-6-2-3-7-28(26)32)18-4-5-19-34(29)30(31)22-35/h2-3,6-7,10-17,29-31,35H,4-5,18-22H2,1H3/t29-,30-,31-/m1/s1. The molecule has 3 aromatic rings. The van der Waals surface area contributed by atoms with Gasteiger partial charge in [-0.2, -0.15) is 0 Å². The first-order chi connectivity index (χ1) is 17.7. The Morgan fingerprint density at radius 1 is 0.917 bits per heavy atom. The first-order valence-electron chi connectivity index (χ1n) is 12.7. The molecule has 0 radical (unpaired) electrons. The zero-order valence-corrected chi connectivity index (χ0v) is 20.7. The maximum Gasteiger partial charge on any atom is 0.127 e. The molecule has 2 fully saturated rings. The summed E-state index contributed by atoms with van der Waals surface area (Å²) < 4.78 is 19.5. The monoisotopic (exact) mass is 484 g/mol. The van der Waals surface area contributed by atoms with E-state index in [4.69, 9.17) is 4.74 Å². The van der Waals surface area contributed by atoms with Gasteiger partial charge in [-0.3, -0.25) is 9.80 Å². The fourth-order valence-corrected chi connectivity index (χ4v) is 5.63. The van der Waals surface area contributed by atoms with Crippen molar-refractivity contribution in [2.24, 2.45) is 0 Å². The molecule has 186 valence electrons. The van der Waals surface area contributed by atoms with Crippen LogP contribution in [-0.4, -0.2) is 60.3 Å². The maximum absolute atomic E-state index is 14.3. The van der Waals surface area contributed by atoms with Crippen molar-refractivity contribution in [1.82, 2.24) is 9.80 Å². The van der Waals surface area contributed by atoms with E-state index in [1.54, 1.807) is 19.2 Å². The van der Waals surface area contributed by atoms with Gasteiger partial charge in [-0.15, -0.1) is 0 Å². The number of rotatable bonds is 5. The normalized spacial score (nSPS) is 22.4. The highest BCUT2D eigenvalue weighted by Gasteiger charge is 2.49. The average Bonchev–Trinajstić information content (AvgIpc) is 2.90. The molecule has 3 atom stereocenters. The van der Waals surface area contributed by atoms with E-state index in [1.165, 1.54) is 5.56 Å². The molecular formula is C31H33FN2O2. The van der Waals surface area contributed by atoms with Gasteiger partial charge in [0.25, 0.3) is 0 Å². The van der Waals surface area contributed by atoms with Gasteiger partial charge in [0.05, 0.1) is 13.7 Å². The third kappa shape index (κ3) is 5.32. The number of nitrogens with zero attached hydrogens (tertiary/aromatic N) is 2. The molecule has 0 spiro atoms. The molecule has 0 saturated carbocycles. The summed E-state index contributed by atoms with van der Waals surface area (Å²) in [7, 11) is 1.65. The first kappa shape index (κ1) is 24.5. The fourth-order valence-electron chi connectivity index (χ4n) is 5.63. The van der Waals surface area contributed by atoms with E-state index in [9.17, 15) is 9.50 Å². The van der Waals surface area contributed by atoms with Crippen molar-refractivity contribution in [3.8, 4) is 17.6 Å². The Morgan fingerprint density at radius 3 is 2.25 bits per heavy atom. The summed E-state index contributed by atoms with van der Waals surface area (Å²) in [6.45, 7) is 3.61. The van der Waals surface area contributed by atoms with Crippen molar-refractivity contribution in [3.05, 3.63) is 101 Å². The van der Waals surface area contributed by atoms with Crippen LogP contribution in [0.15, 0.2) is 72.8 Å². The smallest absolute Gasteiger partial charge is 0.127 e. The van der Waals surface area contributed by atoms with Crippen LogP contribution in [0.25, 0.3) is 0 Å². The first-order valence-corrected chi connectivity index (χ1v) is 12.7. The molecule has 2 saturated heterocycles. The number of halogens is 1. The molecule has 2 aliphatic heterocycles. The van der Waals surface area contributed by atoms with Crippen LogP contribution in [0.2, 0.25) is 0 Å². The molecule has 2 heterocycles. The predicted octanol–water partition coefficient (Wildman–Crippen LogP) is 4.66. The number of aliphatic hydroxyl groups is 1. The Morgan fingerprint density at radius 2 is 1.58 bits per heavy atom. The van der Waals surface area contributed by atoms with Gasteiger partial charge in [-0.05, 0) is 74.0 Å². The fraction of sp³-hybridized carbons (Fsp3) is 0.355. The third-order valence-corrected chi connectivity index (χ3v) is 7.54. The number of methoxy groups -OCH3 is 1. The van der Waals surface area contributed by atoms with Gasteiger partial charge >= 0.3 is 0 Å². The van der Waals surface area contributed by atoms with E-state index in [0.29, 0.717) is 12.6 Å². The van der Waals surface area contributed by atoms with Gasteiger partial charge in [0.1, 0.15) is 11.6 Å².